The third-order valence-electron chi connectivity index (χ3n) is 3.70. The lowest BCUT2D eigenvalue weighted by Gasteiger charge is -2.24. The van der Waals surface area contributed by atoms with Crippen molar-refractivity contribution in [1.29, 1.82) is 0 Å². The molecular formula is C18H29N3O3. The van der Waals surface area contributed by atoms with Crippen LogP contribution in [-0.2, 0) is 4.79 Å². The maximum Gasteiger partial charge on any atom is 0.319 e. The number of urea groups is 1. The molecule has 0 spiro atoms. The number of hydrogen-bond acceptors (Lipinski definition) is 3. The molecule has 0 fully saturated rings. The molecule has 0 aromatic heterocycles. The van der Waals surface area contributed by atoms with Crippen molar-refractivity contribution in [3.63, 3.8) is 0 Å². The van der Waals surface area contributed by atoms with Crippen LogP contribution in [0.5, 0.6) is 0 Å². The van der Waals surface area contributed by atoms with Gasteiger partial charge in [0.05, 0.1) is 5.60 Å². The van der Waals surface area contributed by atoms with Gasteiger partial charge in [-0.25, -0.2) is 4.79 Å². The van der Waals surface area contributed by atoms with Gasteiger partial charge < -0.3 is 21.1 Å². The number of amides is 3. The molecule has 1 aromatic carbocycles. The van der Waals surface area contributed by atoms with Crippen molar-refractivity contribution in [2.75, 3.05) is 17.2 Å². The highest BCUT2D eigenvalue weighted by Gasteiger charge is 2.21. The van der Waals surface area contributed by atoms with Gasteiger partial charge in [-0.05, 0) is 50.3 Å². The van der Waals surface area contributed by atoms with Gasteiger partial charge in [-0.15, -0.1) is 0 Å². The predicted molar refractivity (Wildman–Crippen MR) is 97.2 cm³/mol. The van der Waals surface area contributed by atoms with Gasteiger partial charge >= 0.3 is 6.03 Å². The van der Waals surface area contributed by atoms with Crippen LogP contribution in [0.4, 0.5) is 16.2 Å². The number of rotatable bonds is 7. The summed E-state index contributed by atoms with van der Waals surface area (Å²) in [6, 6.07) is 4.89. The van der Waals surface area contributed by atoms with Crippen molar-refractivity contribution in [3.8, 4) is 0 Å². The van der Waals surface area contributed by atoms with Crippen LogP contribution >= 0.6 is 0 Å². The van der Waals surface area contributed by atoms with Gasteiger partial charge in [0, 0.05) is 24.8 Å². The second-order valence-electron chi connectivity index (χ2n) is 6.95. The van der Waals surface area contributed by atoms with Crippen LogP contribution in [0, 0.1) is 12.8 Å². The molecule has 134 valence electrons. The lowest BCUT2D eigenvalue weighted by molar-refractivity contribution is -0.114. The molecule has 1 atom stereocenters. The van der Waals surface area contributed by atoms with Crippen LogP contribution in [0.25, 0.3) is 0 Å². The average Bonchev–Trinajstić information content (AvgIpc) is 2.46. The van der Waals surface area contributed by atoms with Crippen molar-refractivity contribution >= 4 is 23.3 Å². The molecule has 6 heteroatoms. The summed E-state index contributed by atoms with van der Waals surface area (Å²) in [5, 5.41) is 18.4. The van der Waals surface area contributed by atoms with E-state index >= 15 is 0 Å². The number of aryl methyl sites for hydroxylation is 1. The molecule has 1 unspecified atom stereocenters. The van der Waals surface area contributed by atoms with Crippen LogP contribution in [-0.4, -0.2) is 29.2 Å². The van der Waals surface area contributed by atoms with E-state index in [1.54, 1.807) is 19.1 Å². The van der Waals surface area contributed by atoms with Crippen molar-refractivity contribution in [1.82, 2.24) is 5.32 Å². The molecule has 0 saturated carbocycles. The van der Waals surface area contributed by atoms with E-state index in [4.69, 9.17) is 0 Å². The third kappa shape index (κ3) is 7.46. The van der Waals surface area contributed by atoms with E-state index in [-0.39, 0.29) is 12.5 Å². The molecule has 0 aliphatic carbocycles. The van der Waals surface area contributed by atoms with Crippen molar-refractivity contribution in [2.45, 2.75) is 53.1 Å². The second-order valence-corrected chi connectivity index (χ2v) is 6.95. The second kappa shape index (κ2) is 8.68. The van der Waals surface area contributed by atoms with E-state index in [9.17, 15) is 14.7 Å². The Bertz CT molecular complexity index is 583. The summed E-state index contributed by atoms with van der Waals surface area (Å²) >= 11 is 0. The van der Waals surface area contributed by atoms with Gasteiger partial charge in [-0.3, -0.25) is 4.79 Å². The first-order valence-corrected chi connectivity index (χ1v) is 8.24. The molecule has 1 aromatic rings. The van der Waals surface area contributed by atoms with Crippen molar-refractivity contribution < 1.29 is 14.7 Å². The summed E-state index contributed by atoms with van der Waals surface area (Å²) in [6.07, 6.45) is 1.52. The Morgan fingerprint density at radius 1 is 1.25 bits per heavy atom. The monoisotopic (exact) mass is 335 g/mol. The Morgan fingerprint density at radius 3 is 2.50 bits per heavy atom. The maximum absolute atomic E-state index is 12.0. The number of carbonyl (C=O) groups is 2. The topological polar surface area (TPSA) is 90.5 Å². The van der Waals surface area contributed by atoms with Gasteiger partial charge in [-0.2, -0.15) is 0 Å². The zero-order valence-corrected chi connectivity index (χ0v) is 15.2. The summed E-state index contributed by atoms with van der Waals surface area (Å²) in [7, 11) is 0. The van der Waals surface area contributed by atoms with E-state index in [2.05, 4.69) is 29.8 Å². The Balaban J connectivity index is 2.57. The molecule has 0 saturated heterocycles. The summed E-state index contributed by atoms with van der Waals surface area (Å²) in [4.78, 5) is 23.2. The van der Waals surface area contributed by atoms with Crippen molar-refractivity contribution in [2.24, 2.45) is 5.92 Å². The smallest absolute Gasteiger partial charge is 0.319 e. The molecule has 4 N–H and O–H groups in total. The van der Waals surface area contributed by atoms with E-state index < -0.39 is 11.6 Å². The summed E-state index contributed by atoms with van der Waals surface area (Å²) in [5.74, 6) is 0.339. The molecule has 24 heavy (non-hydrogen) atoms. The Morgan fingerprint density at radius 2 is 1.92 bits per heavy atom. The maximum atomic E-state index is 12.0. The third-order valence-corrected chi connectivity index (χ3v) is 3.70. The van der Waals surface area contributed by atoms with Crippen LogP contribution in [0.3, 0.4) is 0 Å². The standard InChI is InChI=1S/C18H29N3O3/c1-12(2)8-9-18(5,24)11-19-17(23)21-15-7-6-13(3)16(10-15)20-14(4)22/h6-7,10,12,24H,8-9,11H2,1-5H3,(H,20,22)(H2,19,21,23). The fraction of sp³-hybridized carbons (Fsp3) is 0.556. The fourth-order valence-corrected chi connectivity index (χ4v) is 2.16. The first-order chi connectivity index (χ1) is 11.1. The van der Waals surface area contributed by atoms with Crippen LogP contribution < -0.4 is 16.0 Å². The van der Waals surface area contributed by atoms with Crippen molar-refractivity contribution in [3.05, 3.63) is 23.8 Å². The zero-order valence-electron chi connectivity index (χ0n) is 15.2. The molecule has 0 aliphatic rings. The number of anilines is 2. The normalized spacial score (nSPS) is 13.3. The average molecular weight is 335 g/mol. The number of nitrogens with one attached hydrogen (secondary N) is 3. The van der Waals surface area contributed by atoms with Gasteiger partial charge in [-0.1, -0.05) is 19.9 Å². The molecule has 0 bridgehead atoms. The van der Waals surface area contributed by atoms with Crippen LogP contribution in [0.2, 0.25) is 0 Å². The minimum atomic E-state index is -0.934. The van der Waals surface area contributed by atoms with Crippen LogP contribution in [0.1, 0.15) is 46.1 Å². The molecular weight excluding hydrogens is 306 g/mol. The highest BCUT2D eigenvalue weighted by molar-refractivity contribution is 5.93. The minimum Gasteiger partial charge on any atom is -0.388 e. The summed E-state index contributed by atoms with van der Waals surface area (Å²) < 4.78 is 0. The minimum absolute atomic E-state index is 0.166. The summed E-state index contributed by atoms with van der Waals surface area (Å²) in [6.45, 7) is 9.40. The molecule has 0 aliphatic heterocycles. The Labute approximate surface area is 144 Å². The Hall–Kier alpha value is -2.08. The number of benzene rings is 1. The lowest BCUT2D eigenvalue weighted by Crippen LogP contribution is -2.42. The molecule has 0 radical (unpaired) electrons. The lowest BCUT2D eigenvalue weighted by atomic mass is 9.95. The first-order valence-electron chi connectivity index (χ1n) is 8.24. The molecule has 0 heterocycles. The fourth-order valence-electron chi connectivity index (χ4n) is 2.16. The number of carbonyl (C=O) groups excluding carboxylic acids is 2. The summed E-state index contributed by atoms with van der Waals surface area (Å²) in [5.41, 5.74) is 1.21. The molecule has 6 nitrogen and oxygen atoms in total. The number of hydrogen-bond donors (Lipinski definition) is 4. The highest BCUT2D eigenvalue weighted by Crippen LogP contribution is 2.20. The van der Waals surface area contributed by atoms with E-state index in [0.717, 1.165) is 12.0 Å². The highest BCUT2D eigenvalue weighted by atomic mass is 16.3. The Kier molecular flexibility index (Phi) is 7.22. The van der Waals surface area contributed by atoms with Gasteiger partial charge in [0.25, 0.3) is 0 Å². The molecule has 3 amide bonds. The van der Waals surface area contributed by atoms with Crippen LogP contribution in [0.15, 0.2) is 18.2 Å². The van der Waals surface area contributed by atoms with Gasteiger partial charge in [0.15, 0.2) is 0 Å². The first kappa shape index (κ1) is 20.0. The SMILES string of the molecule is CC(=O)Nc1cc(NC(=O)NCC(C)(O)CCC(C)C)ccc1C. The van der Waals surface area contributed by atoms with E-state index in [1.165, 1.54) is 6.92 Å². The quantitative estimate of drug-likeness (QED) is 0.616. The predicted octanol–water partition coefficient (Wildman–Crippen LogP) is 3.26. The van der Waals surface area contributed by atoms with Gasteiger partial charge in [0.1, 0.15) is 0 Å². The largest absolute Gasteiger partial charge is 0.388 e. The molecule has 1 rings (SSSR count). The van der Waals surface area contributed by atoms with Gasteiger partial charge in [0.2, 0.25) is 5.91 Å². The van der Waals surface area contributed by atoms with E-state index in [1.807, 2.05) is 13.0 Å². The number of aliphatic hydroxyl groups is 1. The van der Waals surface area contributed by atoms with E-state index in [0.29, 0.717) is 23.7 Å². The zero-order chi connectivity index (χ0) is 18.3.